The third-order valence-corrected chi connectivity index (χ3v) is 4.95. The molecular formula is C28H28O4. The van der Waals surface area contributed by atoms with Gasteiger partial charge in [-0.2, -0.15) is 0 Å². The average Bonchev–Trinajstić information content (AvgIpc) is 2.78. The second-order valence-corrected chi connectivity index (χ2v) is 8.44. The standard InChI is InChI=1S/C28H28O4/c1-5-31-24-15-6-20(7-16-24)8-19-26(29)21-11-17-25(18-12-21)32-27(30)22-9-13-23(14-10-22)28(2,3)4/h6-19H,5H2,1-4H3. The van der Waals surface area contributed by atoms with E-state index in [1.54, 1.807) is 42.5 Å². The number of rotatable bonds is 7. The van der Waals surface area contributed by atoms with Crippen LogP contribution in [0, 0.1) is 0 Å². The summed E-state index contributed by atoms with van der Waals surface area (Å²) in [4.78, 5) is 24.8. The Morgan fingerprint density at radius 2 is 1.34 bits per heavy atom. The Kier molecular flexibility index (Phi) is 7.26. The molecule has 0 unspecified atom stereocenters. The summed E-state index contributed by atoms with van der Waals surface area (Å²) in [7, 11) is 0. The van der Waals surface area contributed by atoms with Crippen molar-refractivity contribution in [3.63, 3.8) is 0 Å². The zero-order chi connectivity index (χ0) is 23.1. The van der Waals surface area contributed by atoms with Gasteiger partial charge in [-0.1, -0.05) is 51.1 Å². The van der Waals surface area contributed by atoms with E-state index in [-0.39, 0.29) is 11.2 Å². The van der Waals surface area contributed by atoms with Gasteiger partial charge in [-0.3, -0.25) is 4.79 Å². The minimum absolute atomic E-state index is 0.0200. The van der Waals surface area contributed by atoms with E-state index in [0.29, 0.717) is 23.5 Å². The molecule has 0 radical (unpaired) electrons. The molecule has 0 atom stereocenters. The monoisotopic (exact) mass is 428 g/mol. The highest BCUT2D eigenvalue weighted by Crippen LogP contribution is 2.23. The van der Waals surface area contributed by atoms with Crippen molar-refractivity contribution in [3.8, 4) is 11.5 Å². The summed E-state index contributed by atoms with van der Waals surface area (Å²) in [5, 5.41) is 0. The number of ether oxygens (including phenoxy) is 2. The van der Waals surface area contributed by atoms with Crippen molar-refractivity contribution in [2.24, 2.45) is 0 Å². The predicted molar refractivity (Wildman–Crippen MR) is 128 cm³/mol. The van der Waals surface area contributed by atoms with Crippen LogP contribution in [-0.4, -0.2) is 18.4 Å². The first kappa shape index (κ1) is 23.0. The van der Waals surface area contributed by atoms with E-state index in [2.05, 4.69) is 20.8 Å². The van der Waals surface area contributed by atoms with Crippen LogP contribution < -0.4 is 9.47 Å². The quantitative estimate of drug-likeness (QED) is 0.187. The number of carbonyl (C=O) groups is 2. The third kappa shape index (κ3) is 6.17. The van der Waals surface area contributed by atoms with Gasteiger partial charge in [0.05, 0.1) is 12.2 Å². The molecule has 0 saturated carbocycles. The van der Waals surface area contributed by atoms with Crippen molar-refractivity contribution in [1.82, 2.24) is 0 Å². The van der Waals surface area contributed by atoms with E-state index < -0.39 is 5.97 Å². The Labute approximate surface area is 189 Å². The van der Waals surface area contributed by atoms with Crippen molar-refractivity contribution in [1.29, 1.82) is 0 Å². The largest absolute Gasteiger partial charge is 0.494 e. The first-order valence-corrected chi connectivity index (χ1v) is 10.6. The van der Waals surface area contributed by atoms with Gasteiger partial charge in [0.2, 0.25) is 0 Å². The van der Waals surface area contributed by atoms with Crippen molar-refractivity contribution in [3.05, 3.63) is 101 Å². The van der Waals surface area contributed by atoms with Crippen LogP contribution in [0.4, 0.5) is 0 Å². The van der Waals surface area contributed by atoms with Gasteiger partial charge in [-0.15, -0.1) is 0 Å². The fourth-order valence-electron chi connectivity index (χ4n) is 3.07. The molecule has 0 saturated heterocycles. The molecule has 0 bridgehead atoms. The van der Waals surface area contributed by atoms with Crippen molar-refractivity contribution >= 4 is 17.8 Å². The highest BCUT2D eigenvalue weighted by molar-refractivity contribution is 6.06. The van der Waals surface area contributed by atoms with Crippen LogP contribution in [-0.2, 0) is 5.41 Å². The molecule has 0 fully saturated rings. The van der Waals surface area contributed by atoms with Gasteiger partial charge in [0.25, 0.3) is 0 Å². The molecule has 0 spiro atoms. The molecule has 32 heavy (non-hydrogen) atoms. The number of esters is 1. The molecular weight excluding hydrogens is 400 g/mol. The molecule has 3 aromatic rings. The Hall–Kier alpha value is -3.66. The van der Waals surface area contributed by atoms with Crippen LogP contribution in [0.15, 0.2) is 78.9 Å². The van der Waals surface area contributed by atoms with Crippen LogP contribution in [0.2, 0.25) is 0 Å². The van der Waals surface area contributed by atoms with Gasteiger partial charge >= 0.3 is 5.97 Å². The van der Waals surface area contributed by atoms with Crippen LogP contribution in [0.1, 0.15) is 59.5 Å². The molecule has 3 rings (SSSR count). The van der Waals surface area contributed by atoms with Gasteiger partial charge in [0.1, 0.15) is 11.5 Å². The molecule has 4 nitrogen and oxygen atoms in total. The van der Waals surface area contributed by atoms with E-state index in [0.717, 1.165) is 16.9 Å². The summed E-state index contributed by atoms with van der Waals surface area (Å²) in [6.07, 6.45) is 3.28. The summed E-state index contributed by atoms with van der Waals surface area (Å²) in [6, 6.07) is 21.5. The number of hydrogen-bond acceptors (Lipinski definition) is 4. The Balaban J connectivity index is 1.60. The SMILES string of the molecule is CCOc1ccc(C=CC(=O)c2ccc(OC(=O)c3ccc(C(C)(C)C)cc3)cc2)cc1. The average molecular weight is 429 g/mol. The maximum atomic E-state index is 12.4. The lowest BCUT2D eigenvalue weighted by Crippen LogP contribution is -2.13. The van der Waals surface area contributed by atoms with Crippen LogP contribution in [0.25, 0.3) is 6.08 Å². The summed E-state index contributed by atoms with van der Waals surface area (Å²) < 4.78 is 10.9. The number of hydrogen-bond donors (Lipinski definition) is 0. The lowest BCUT2D eigenvalue weighted by atomic mass is 9.87. The second-order valence-electron chi connectivity index (χ2n) is 8.44. The second kappa shape index (κ2) is 10.1. The smallest absolute Gasteiger partial charge is 0.343 e. The fourth-order valence-corrected chi connectivity index (χ4v) is 3.07. The number of allylic oxidation sites excluding steroid dienone is 1. The summed E-state index contributed by atoms with van der Waals surface area (Å²) >= 11 is 0. The third-order valence-electron chi connectivity index (χ3n) is 4.95. The highest BCUT2D eigenvalue weighted by atomic mass is 16.5. The minimum Gasteiger partial charge on any atom is -0.494 e. The molecule has 3 aromatic carbocycles. The molecule has 0 aliphatic rings. The van der Waals surface area contributed by atoms with Gasteiger partial charge < -0.3 is 9.47 Å². The maximum Gasteiger partial charge on any atom is 0.343 e. The first-order valence-electron chi connectivity index (χ1n) is 10.6. The zero-order valence-corrected chi connectivity index (χ0v) is 18.9. The molecule has 0 aliphatic carbocycles. The van der Waals surface area contributed by atoms with Crippen LogP contribution >= 0.6 is 0 Å². The normalized spacial score (nSPS) is 11.4. The maximum absolute atomic E-state index is 12.4. The molecule has 164 valence electrons. The van der Waals surface area contributed by atoms with E-state index in [1.165, 1.54) is 6.08 Å². The number of carbonyl (C=O) groups excluding carboxylic acids is 2. The van der Waals surface area contributed by atoms with Gasteiger partial charge in [0, 0.05) is 5.56 Å². The summed E-state index contributed by atoms with van der Waals surface area (Å²) in [5.74, 6) is 0.627. The fraction of sp³-hybridized carbons (Fsp3) is 0.214. The first-order chi connectivity index (χ1) is 15.3. The number of benzene rings is 3. The van der Waals surface area contributed by atoms with Crippen molar-refractivity contribution in [2.45, 2.75) is 33.1 Å². The van der Waals surface area contributed by atoms with E-state index in [9.17, 15) is 9.59 Å². The van der Waals surface area contributed by atoms with Crippen LogP contribution in [0.5, 0.6) is 11.5 Å². The van der Waals surface area contributed by atoms with Gasteiger partial charge in [0.15, 0.2) is 5.78 Å². The summed E-state index contributed by atoms with van der Waals surface area (Å²) in [6.45, 7) is 8.91. The minimum atomic E-state index is -0.431. The molecule has 0 aliphatic heterocycles. The lowest BCUT2D eigenvalue weighted by molar-refractivity contribution is 0.0734. The lowest BCUT2D eigenvalue weighted by Gasteiger charge is -2.18. The van der Waals surface area contributed by atoms with E-state index in [1.807, 2.05) is 43.3 Å². The Morgan fingerprint density at radius 1 is 0.781 bits per heavy atom. The van der Waals surface area contributed by atoms with Gasteiger partial charge in [-0.25, -0.2) is 4.79 Å². The zero-order valence-electron chi connectivity index (χ0n) is 18.9. The van der Waals surface area contributed by atoms with E-state index in [4.69, 9.17) is 9.47 Å². The Bertz CT molecular complexity index is 1080. The summed E-state index contributed by atoms with van der Waals surface area (Å²) in [5.41, 5.74) is 3.07. The molecule has 4 heteroatoms. The predicted octanol–water partition coefficient (Wildman–Crippen LogP) is 6.50. The topological polar surface area (TPSA) is 52.6 Å². The molecule has 0 amide bonds. The molecule has 0 heterocycles. The van der Waals surface area contributed by atoms with Crippen molar-refractivity contribution < 1.29 is 19.1 Å². The van der Waals surface area contributed by atoms with E-state index >= 15 is 0 Å². The van der Waals surface area contributed by atoms with Gasteiger partial charge in [-0.05, 0) is 78.1 Å². The van der Waals surface area contributed by atoms with Crippen LogP contribution in [0.3, 0.4) is 0 Å². The molecule has 0 aromatic heterocycles. The Morgan fingerprint density at radius 3 is 1.91 bits per heavy atom. The highest BCUT2D eigenvalue weighted by Gasteiger charge is 2.15. The van der Waals surface area contributed by atoms with Crippen molar-refractivity contribution in [2.75, 3.05) is 6.61 Å². The molecule has 0 N–H and O–H groups in total. The number of ketones is 1.